The SMILES string of the molecule is CCn1c(-c2cccnc2[C@H](C)OC)c2c3cc(ccc31)-c1cccc(c1)C[C@H](NC(=O)C(CO[C@H]1CCN(C(=O)C#CC(C)(C)N(C)C)C1)C(C)C)C(=O)N1CCC[C@H](N1)C(=O)OCC(C)(C)C2. The molecule has 6 bridgehead atoms. The molecule has 0 radical (unpaired) electrons. The first-order valence-corrected chi connectivity index (χ1v) is 24.7. The second-order valence-electron chi connectivity index (χ2n) is 20.9. The van der Waals surface area contributed by atoms with Gasteiger partial charge in [-0.1, -0.05) is 63.9 Å². The van der Waals surface area contributed by atoms with Gasteiger partial charge in [0.05, 0.1) is 48.3 Å². The minimum Gasteiger partial charge on any atom is -0.464 e. The lowest BCUT2D eigenvalue weighted by molar-refractivity contribution is -0.155. The van der Waals surface area contributed by atoms with Crippen LogP contribution < -0.4 is 10.7 Å². The number of methoxy groups -OCH3 is 1. The summed E-state index contributed by atoms with van der Waals surface area (Å²) in [6.45, 7) is 18.5. The first kappa shape index (κ1) is 51.3. The van der Waals surface area contributed by atoms with Crippen LogP contribution >= 0.6 is 0 Å². The van der Waals surface area contributed by atoms with E-state index in [0.29, 0.717) is 51.9 Å². The summed E-state index contributed by atoms with van der Waals surface area (Å²) in [6.07, 6.45) is 3.84. The molecule has 0 aliphatic carbocycles. The number of rotatable bonds is 11. The molecule has 2 saturated heterocycles. The van der Waals surface area contributed by atoms with E-state index < -0.39 is 34.9 Å². The topological polar surface area (TPSA) is 148 Å². The third kappa shape index (κ3) is 11.7. The highest BCUT2D eigenvalue weighted by molar-refractivity contribution is 5.96. The van der Waals surface area contributed by atoms with Crippen molar-refractivity contribution in [2.75, 3.05) is 54.1 Å². The molecule has 1 unspecified atom stereocenters. The van der Waals surface area contributed by atoms with E-state index in [1.165, 1.54) is 5.01 Å². The lowest BCUT2D eigenvalue weighted by Gasteiger charge is -2.36. The smallest absolute Gasteiger partial charge is 0.324 e. The van der Waals surface area contributed by atoms with Crippen LogP contribution in [-0.2, 0) is 52.8 Å². The number of carbonyl (C=O) groups is 4. The van der Waals surface area contributed by atoms with Gasteiger partial charge in [0.1, 0.15) is 12.1 Å². The molecule has 3 aliphatic rings. The highest BCUT2D eigenvalue weighted by Crippen LogP contribution is 2.42. The molecule has 69 heavy (non-hydrogen) atoms. The maximum Gasteiger partial charge on any atom is 0.324 e. The van der Waals surface area contributed by atoms with Crippen LogP contribution in [0.2, 0.25) is 0 Å². The highest BCUT2D eigenvalue weighted by atomic mass is 16.5. The fourth-order valence-corrected chi connectivity index (χ4v) is 9.52. The number of carbonyl (C=O) groups excluding carboxylic acids is 4. The third-order valence-corrected chi connectivity index (χ3v) is 14.3. The molecule has 3 amide bonds. The number of benzene rings is 2. The van der Waals surface area contributed by atoms with E-state index in [1.54, 1.807) is 18.2 Å². The lowest BCUT2D eigenvalue weighted by Crippen LogP contribution is -2.61. The van der Waals surface area contributed by atoms with Gasteiger partial charge in [0.25, 0.3) is 11.8 Å². The van der Waals surface area contributed by atoms with Crippen LogP contribution in [0, 0.1) is 29.1 Å². The number of esters is 1. The van der Waals surface area contributed by atoms with Crippen LogP contribution in [0.5, 0.6) is 0 Å². The van der Waals surface area contributed by atoms with Gasteiger partial charge in [-0.3, -0.25) is 34.1 Å². The van der Waals surface area contributed by atoms with Crippen molar-refractivity contribution < 1.29 is 33.4 Å². The molecule has 2 N–H and O–H groups in total. The van der Waals surface area contributed by atoms with E-state index in [0.717, 1.165) is 50.1 Å². The second kappa shape index (κ2) is 21.6. The Kier molecular flexibility index (Phi) is 16.0. The Morgan fingerprint density at radius 2 is 1.81 bits per heavy atom. The number of aryl methyl sites for hydroxylation is 1. The molecule has 7 rings (SSSR count). The van der Waals surface area contributed by atoms with Crippen LogP contribution in [0.3, 0.4) is 0 Å². The summed E-state index contributed by atoms with van der Waals surface area (Å²) in [5, 5.41) is 5.72. The molecular formula is C55H73N7O7. The summed E-state index contributed by atoms with van der Waals surface area (Å²) in [4.78, 5) is 64.6. The van der Waals surface area contributed by atoms with E-state index in [9.17, 15) is 19.2 Å². The molecule has 2 fully saturated rings. The van der Waals surface area contributed by atoms with Crippen LogP contribution in [0.4, 0.5) is 0 Å². The van der Waals surface area contributed by atoms with Gasteiger partial charge >= 0.3 is 5.97 Å². The molecule has 4 aromatic rings. The number of hydrogen-bond acceptors (Lipinski definition) is 10. The van der Waals surface area contributed by atoms with E-state index in [4.69, 9.17) is 19.2 Å². The minimum absolute atomic E-state index is 0.117. The predicted octanol–water partition coefficient (Wildman–Crippen LogP) is 6.98. The molecule has 14 nitrogen and oxygen atoms in total. The number of cyclic esters (lactones) is 1. The molecule has 3 aliphatic heterocycles. The summed E-state index contributed by atoms with van der Waals surface area (Å²) in [5.74, 6) is 3.89. The zero-order valence-electron chi connectivity index (χ0n) is 42.6. The third-order valence-electron chi connectivity index (χ3n) is 14.3. The second-order valence-corrected chi connectivity index (χ2v) is 20.9. The van der Waals surface area contributed by atoms with E-state index >= 15 is 0 Å². The molecule has 370 valence electrons. The summed E-state index contributed by atoms with van der Waals surface area (Å²) in [6, 6.07) is 17.1. The summed E-state index contributed by atoms with van der Waals surface area (Å²) >= 11 is 0. The lowest BCUT2D eigenvalue weighted by atomic mass is 9.84. The average Bonchev–Trinajstić information content (AvgIpc) is 3.93. The van der Waals surface area contributed by atoms with Crippen molar-refractivity contribution in [2.45, 2.75) is 124 Å². The van der Waals surface area contributed by atoms with E-state index in [2.05, 4.69) is 84.3 Å². The first-order valence-electron chi connectivity index (χ1n) is 24.7. The maximum atomic E-state index is 14.7. The van der Waals surface area contributed by atoms with Crippen LogP contribution in [0.25, 0.3) is 33.3 Å². The van der Waals surface area contributed by atoms with Crippen LogP contribution in [-0.4, -0.2) is 126 Å². The number of ether oxygens (including phenoxy) is 3. The summed E-state index contributed by atoms with van der Waals surface area (Å²) in [7, 11) is 5.55. The molecule has 0 saturated carbocycles. The molecule has 5 atom stereocenters. The Balaban J connectivity index is 1.21. The number of pyridine rings is 1. The van der Waals surface area contributed by atoms with Gasteiger partial charge in [0.2, 0.25) is 5.91 Å². The van der Waals surface area contributed by atoms with Gasteiger partial charge in [-0.05, 0) is 126 Å². The Hall–Kier alpha value is -5.59. The van der Waals surface area contributed by atoms with Gasteiger partial charge < -0.3 is 29.0 Å². The van der Waals surface area contributed by atoms with E-state index in [1.807, 2.05) is 71.8 Å². The standard InChI is InChI=1S/C55H73N7O7/c1-12-61-47-21-20-39-30-42(47)43(50(61)41-18-14-25-56-49(41)36(4)67-11)31-54(5,6)34-69-53(66)45-19-15-26-62(58-45)52(65)46(29-37-16-13-17-38(39)28-37)57-51(64)44(35(2)3)33-68-40-23-27-60(32-40)48(63)22-24-55(7,8)59(9)10/h13-14,16-18,20-21,25,28,30,35-36,40,44-46,58H,12,15,19,23,26-27,29,31-34H2,1-11H3,(H,57,64)/t36-,40-,44?,45-,46-/m0/s1. The van der Waals surface area contributed by atoms with Gasteiger partial charge in [-0.2, -0.15) is 0 Å². The number of aromatic nitrogens is 2. The van der Waals surface area contributed by atoms with Crippen LogP contribution in [0.15, 0.2) is 60.8 Å². The number of amides is 3. The van der Waals surface area contributed by atoms with E-state index in [-0.39, 0.29) is 55.5 Å². The zero-order chi connectivity index (χ0) is 49.8. The number of likely N-dealkylation sites (tertiary alicyclic amines) is 1. The van der Waals surface area contributed by atoms with Gasteiger partial charge in [-0.15, -0.1) is 0 Å². The van der Waals surface area contributed by atoms with Crippen molar-refractivity contribution in [1.82, 2.24) is 35.1 Å². The monoisotopic (exact) mass is 944 g/mol. The molecule has 0 spiro atoms. The normalized spacial score (nSPS) is 20.9. The molecular weight excluding hydrogens is 871 g/mol. The van der Waals surface area contributed by atoms with Crippen LogP contribution in [0.1, 0.15) is 97.6 Å². The number of fused-ring (bicyclic) bond motifs is 6. The van der Waals surface area contributed by atoms with Crippen molar-refractivity contribution in [2.24, 2.45) is 17.3 Å². The van der Waals surface area contributed by atoms with Crippen molar-refractivity contribution in [3.8, 4) is 34.2 Å². The maximum absolute atomic E-state index is 14.7. The van der Waals surface area contributed by atoms with Gasteiger partial charge in [-0.25, -0.2) is 5.43 Å². The summed E-state index contributed by atoms with van der Waals surface area (Å²) < 4.78 is 20.7. The summed E-state index contributed by atoms with van der Waals surface area (Å²) in [5.41, 5.74) is 10.2. The van der Waals surface area contributed by atoms with Gasteiger partial charge in [0, 0.05) is 67.8 Å². The number of hydrazine groups is 1. The fraction of sp³-hybridized carbons (Fsp3) is 0.545. The van der Waals surface area contributed by atoms with Gasteiger partial charge in [0.15, 0.2) is 0 Å². The zero-order valence-corrected chi connectivity index (χ0v) is 42.6. The average molecular weight is 944 g/mol. The fourth-order valence-electron chi connectivity index (χ4n) is 9.52. The number of nitrogens with one attached hydrogen (secondary N) is 2. The Morgan fingerprint density at radius 1 is 1.04 bits per heavy atom. The minimum atomic E-state index is -0.961. The quantitative estimate of drug-likeness (QED) is 0.119. The largest absolute Gasteiger partial charge is 0.464 e. The van der Waals surface area contributed by atoms with Crippen molar-refractivity contribution >= 4 is 34.6 Å². The molecule has 2 aromatic carbocycles. The molecule has 14 heteroatoms. The van der Waals surface area contributed by atoms with Crippen molar-refractivity contribution in [1.29, 1.82) is 0 Å². The Labute approximate surface area is 408 Å². The predicted molar refractivity (Wildman–Crippen MR) is 268 cm³/mol. The Bertz CT molecular complexity index is 2590. The van der Waals surface area contributed by atoms with Crippen molar-refractivity contribution in [3.63, 3.8) is 0 Å². The van der Waals surface area contributed by atoms with Crippen molar-refractivity contribution in [3.05, 3.63) is 77.6 Å². The first-order chi connectivity index (χ1) is 32.8. The number of nitrogens with zero attached hydrogens (tertiary/aromatic N) is 5. The molecule has 2 aromatic heterocycles. The molecule has 5 heterocycles. The highest BCUT2D eigenvalue weighted by Gasteiger charge is 2.37. The number of hydrogen-bond donors (Lipinski definition) is 2. The Morgan fingerprint density at radius 3 is 2.54 bits per heavy atom.